The highest BCUT2D eigenvalue weighted by molar-refractivity contribution is 9.10. The molecule has 0 N–H and O–H groups in total. The van der Waals surface area contributed by atoms with Crippen LogP contribution < -0.4 is 4.74 Å². The predicted molar refractivity (Wildman–Crippen MR) is 93.2 cm³/mol. The molecule has 23 heavy (non-hydrogen) atoms. The lowest BCUT2D eigenvalue weighted by molar-refractivity contribution is 0.373. The van der Waals surface area contributed by atoms with Crippen molar-refractivity contribution in [3.63, 3.8) is 0 Å². The lowest BCUT2D eigenvalue weighted by Crippen LogP contribution is -2.33. The van der Waals surface area contributed by atoms with E-state index in [9.17, 15) is 8.42 Å². The van der Waals surface area contributed by atoms with Gasteiger partial charge in [0.05, 0.1) is 0 Å². The Balaban J connectivity index is 2.17. The quantitative estimate of drug-likeness (QED) is 0.765. The molecule has 4 nitrogen and oxygen atoms in total. The summed E-state index contributed by atoms with van der Waals surface area (Å²) < 4.78 is 34.3. The summed E-state index contributed by atoms with van der Waals surface area (Å²) in [5.74, 6) is 1.05. The van der Waals surface area contributed by atoms with Crippen LogP contribution in [0.25, 0.3) is 0 Å². The van der Waals surface area contributed by atoms with Crippen molar-refractivity contribution in [3.8, 4) is 11.5 Å². The van der Waals surface area contributed by atoms with Crippen molar-refractivity contribution in [2.24, 2.45) is 0 Å². The summed E-state index contributed by atoms with van der Waals surface area (Å²) in [5.41, 5.74) is 0.873. The van der Waals surface area contributed by atoms with E-state index in [1.165, 1.54) is 0 Å². The molecule has 0 fully saturated rings. The molecule has 0 saturated carbocycles. The number of unbranched alkanes of at least 4 members (excludes halogenated alkanes) is 1. The first-order valence-electron chi connectivity index (χ1n) is 7.58. The molecule has 0 atom stereocenters. The molecule has 0 bridgehead atoms. The molecule has 0 radical (unpaired) electrons. The molecule has 2 aromatic carbocycles. The number of ether oxygens (including phenoxy) is 1. The monoisotopic (exact) mass is 395 g/mol. The number of para-hydroxylation sites is 1. The Morgan fingerprint density at radius 1 is 1.17 bits per heavy atom. The van der Waals surface area contributed by atoms with E-state index >= 15 is 0 Å². The molecule has 3 rings (SSSR count). The SMILES string of the molecule is CCCCN1Cc2ccccc2Oc2cc(Br)ccc2S1(=O)=O. The number of halogens is 1. The summed E-state index contributed by atoms with van der Waals surface area (Å²) in [6.07, 6.45) is 1.77. The second-order valence-electron chi connectivity index (χ2n) is 5.49. The Bertz CT molecular complexity index is 820. The fraction of sp³-hybridized carbons (Fsp3) is 0.294. The molecule has 0 spiro atoms. The second kappa shape index (κ2) is 6.63. The van der Waals surface area contributed by atoms with Crippen LogP contribution in [0.15, 0.2) is 51.8 Å². The first kappa shape index (κ1) is 16.5. The van der Waals surface area contributed by atoms with Crippen LogP contribution in [-0.4, -0.2) is 19.3 Å². The molecule has 0 unspecified atom stereocenters. The van der Waals surface area contributed by atoms with E-state index in [4.69, 9.17) is 4.74 Å². The van der Waals surface area contributed by atoms with E-state index in [2.05, 4.69) is 22.9 Å². The average molecular weight is 396 g/mol. The molecule has 2 aromatic rings. The molecule has 1 aliphatic rings. The first-order chi connectivity index (χ1) is 11.0. The van der Waals surface area contributed by atoms with Gasteiger partial charge in [-0.3, -0.25) is 0 Å². The lowest BCUT2D eigenvalue weighted by atomic mass is 10.2. The number of rotatable bonds is 3. The Hall–Kier alpha value is -1.37. The summed E-state index contributed by atoms with van der Waals surface area (Å²) in [5, 5.41) is 0. The van der Waals surface area contributed by atoms with E-state index in [1.54, 1.807) is 22.5 Å². The van der Waals surface area contributed by atoms with Gasteiger partial charge < -0.3 is 4.74 Å². The smallest absolute Gasteiger partial charge is 0.247 e. The zero-order chi connectivity index (χ0) is 16.4. The van der Waals surface area contributed by atoms with Crippen LogP contribution in [0.4, 0.5) is 0 Å². The van der Waals surface area contributed by atoms with E-state index in [1.807, 2.05) is 24.3 Å². The second-order valence-corrected chi connectivity index (χ2v) is 8.32. The van der Waals surface area contributed by atoms with Crippen molar-refractivity contribution in [3.05, 3.63) is 52.5 Å². The van der Waals surface area contributed by atoms with Gasteiger partial charge in [0.1, 0.15) is 16.4 Å². The fourth-order valence-corrected chi connectivity index (χ4v) is 4.47. The van der Waals surface area contributed by atoms with Crippen molar-refractivity contribution >= 4 is 26.0 Å². The number of fused-ring (bicyclic) bond motifs is 2. The van der Waals surface area contributed by atoms with E-state index in [0.29, 0.717) is 24.6 Å². The maximum atomic E-state index is 13.0. The standard InChI is InChI=1S/C17H18BrNO3S/c1-2-3-10-19-12-13-6-4-5-7-15(13)22-16-11-14(18)8-9-17(16)23(19,20)21/h4-9,11H,2-3,10,12H2,1H3. The molecule has 0 aromatic heterocycles. The summed E-state index contributed by atoms with van der Waals surface area (Å²) in [6, 6.07) is 12.6. The van der Waals surface area contributed by atoms with E-state index < -0.39 is 10.0 Å². The van der Waals surface area contributed by atoms with Gasteiger partial charge in [0, 0.05) is 23.1 Å². The molecular formula is C17H18BrNO3S. The highest BCUT2D eigenvalue weighted by Crippen LogP contribution is 2.38. The largest absolute Gasteiger partial charge is 0.456 e. The van der Waals surface area contributed by atoms with Crippen LogP contribution in [0.1, 0.15) is 25.3 Å². The van der Waals surface area contributed by atoms with Crippen molar-refractivity contribution in [1.29, 1.82) is 0 Å². The third kappa shape index (κ3) is 3.29. The van der Waals surface area contributed by atoms with Crippen LogP contribution in [0.5, 0.6) is 11.5 Å². The number of hydrogen-bond acceptors (Lipinski definition) is 3. The fourth-order valence-electron chi connectivity index (χ4n) is 2.58. The zero-order valence-corrected chi connectivity index (χ0v) is 15.2. The third-order valence-electron chi connectivity index (χ3n) is 3.82. The Morgan fingerprint density at radius 2 is 1.96 bits per heavy atom. The number of hydrogen-bond donors (Lipinski definition) is 0. The first-order valence-corrected chi connectivity index (χ1v) is 9.81. The Morgan fingerprint density at radius 3 is 2.74 bits per heavy atom. The summed E-state index contributed by atoms with van der Waals surface area (Å²) >= 11 is 3.38. The predicted octanol–water partition coefficient (Wildman–Crippen LogP) is 4.55. The number of sulfonamides is 1. The van der Waals surface area contributed by atoms with Crippen molar-refractivity contribution in [2.75, 3.05) is 6.54 Å². The Kier molecular flexibility index (Phi) is 4.75. The van der Waals surface area contributed by atoms with Gasteiger partial charge in [-0.05, 0) is 30.7 Å². The maximum absolute atomic E-state index is 13.0. The summed E-state index contributed by atoms with van der Waals surface area (Å²) in [7, 11) is -3.59. The number of benzene rings is 2. The van der Waals surface area contributed by atoms with Gasteiger partial charge in [-0.2, -0.15) is 4.31 Å². The minimum Gasteiger partial charge on any atom is -0.456 e. The molecule has 122 valence electrons. The molecule has 0 saturated heterocycles. The van der Waals surface area contributed by atoms with Gasteiger partial charge >= 0.3 is 0 Å². The van der Waals surface area contributed by atoms with Crippen LogP contribution in [0.3, 0.4) is 0 Å². The molecule has 0 aliphatic carbocycles. The molecule has 0 amide bonds. The van der Waals surface area contributed by atoms with Gasteiger partial charge in [-0.1, -0.05) is 47.5 Å². The highest BCUT2D eigenvalue weighted by atomic mass is 79.9. The zero-order valence-electron chi connectivity index (χ0n) is 12.8. The van der Waals surface area contributed by atoms with Gasteiger partial charge in [0.15, 0.2) is 0 Å². The van der Waals surface area contributed by atoms with E-state index in [0.717, 1.165) is 22.9 Å². The van der Waals surface area contributed by atoms with Gasteiger partial charge in [-0.15, -0.1) is 0 Å². The molecule has 1 heterocycles. The van der Waals surface area contributed by atoms with Crippen LogP contribution in [-0.2, 0) is 16.6 Å². The Labute approximate surface area is 145 Å². The van der Waals surface area contributed by atoms with Crippen molar-refractivity contribution in [2.45, 2.75) is 31.2 Å². The average Bonchev–Trinajstić information content (AvgIpc) is 2.51. The molecule has 6 heteroatoms. The summed E-state index contributed by atoms with van der Waals surface area (Å²) in [4.78, 5) is 0.214. The van der Waals surface area contributed by atoms with Gasteiger partial charge in [-0.25, -0.2) is 8.42 Å². The third-order valence-corrected chi connectivity index (χ3v) is 6.20. The minimum absolute atomic E-state index is 0.214. The van der Waals surface area contributed by atoms with Crippen LogP contribution in [0.2, 0.25) is 0 Å². The van der Waals surface area contributed by atoms with Gasteiger partial charge in [0.2, 0.25) is 10.0 Å². The number of nitrogens with zero attached hydrogens (tertiary/aromatic N) is 1. The van der Waals surface area contributed by atoms with Crippen LogP contribution >= 0.6 is 15.9 Å². The summed E-state index contributed by atoms with van der Waals surface area (Å²) in [6.45, 7) is 2.88. The topological polar surface area (TPSA) is 46.6 Å². The van der Waals surface area contributed by atoms with Crippen LogP contribution in [0, 0.1) is 0 Å². The normalized spacial score (nSPS) is 16.6. The van der Waals surface area contributed by atoms with E-state index in [-0.39, 0.29) is 4.90 Å². The van der Waals surface area contributed by atoms with Gasteiger partial charge in [0.25, 0.3) is 0 Å². The highest BCUT2D eigenvalue weighted by Gasteiger charge is 2.31. The minimum atomic E-state index is -3.59. The molecular weight excluding hydrogens is 378 g/mol. The maximum Gasteiger partial charge on any atom is 0.247 e. The van der Waals surface area contributed by atoms with Crippen molar-refractivity contribution in [1.82, 2.24) is 4.31 Å². The molecule has 1 aliphatic heterocycles. The lowest BCUT2D eigenvalue weighted by Gasteiger charge is -2.27. The van der Waals surface area contributed by atoms with Crippen molar-refractivity contribution < 1.29 is 13.2 Å².